The molecule has 0 atom stereocenters. The second-order valence-corrected chi connectivity index (χ2v) is 6.17. The van der Waals surface area contributed by atoms with Crippen LogP contribution in [0.4, 0.5) is 11.4 Å². The van der Waals surface area contributed by atoms with Crippen molar-refractivity contribution in [1.82, 2.24) is 9.97 Å². The van der Waals surface area contributed by atoms with E-state index in [0.29, 0.717) is 18.5 Å². The third kappa shape index (κ3) is 2.92. The molecule has 0 unspecified atom stereocenters. The summed E-state index contributed by atoms with van der Waals surface area (Å²) < 4.78 is 0. The van der Waals surface area contributed by atoms with Crippen molar-refractivity contribution in [3.05, 3.63) is 72.2 Å². The number of carbonyl (C=O) groups excluding carboxylic acids is 2. The number of ketones is 1. The van der Waals surface area contributed by atoms with E-state index in [1.54, 1.807) is 6.20 Å². The molecule has 27 heavy (non-hydrogen) atoms. The molecule has 0 saturated heterocycles. The van der Waals surface area contributed by atoms with E-state index < -0.39 is 5.78 Å². The van der Waals surface area contributed by atoms with Crippen molar-refractivity contribution in [3.8, 4) is 11.1 Å². The third-order valence-corrected chi connectivity index (χ3v) is 4.61. The van der Waals surface area contributed by atoms with Crippen LogP contribution in [0.2, 0.25) is 0 Å². The molecule has 0 aliphatic heterocycles. The van der Waals surface area contributed by atoms with Crippen molar-refractivity contribution in [2.45, 2.75) is 6.54 Å². The van der Waals surface area contributed by atoms with E-state index in [9.17, 15) is 9.59 Å². The Kier molecular flexibility index (Phi) is 4.32. The Bertz CT molecular complexity index is 1140. The van der Waals surface area contributed by atoms with Crippen molar-refractivity contribution < 1.29 is 9.59 Å². The molecule has 0 saturated carbocycles. The normalized spacial score (nSPS) is 10.9. The molecule has 0 aliphatic carbocycles. The molecular weight excluding hydrogens is 340 g/mol. The summed E-state index contributed by atoms with van der Waals surface area (Å²) in [5, 5.41) is 4.33. The molecule has 2 aromatic carbocycles. The molecule has 0 radical (unpaired) electrons. The van der Waals surface area contributed by atoms with Crippen molar-refractivity contribution in [2.75, 3.05) is 5.32 Å². The van der Waals surface area contributed by atoms with Crippen LogP contribution in [0.15, 0.2) is 60.9 Å². The molecule has 4 rings (SSSR count). The van der Waals surface area contributed by atoms with Gasteiger partial charge in [0, 0.05) is 46.7 Å². The van der Waals surface area contributed by atoms with Gasteiger partial charge in [0.05, 0.1) is 5.69 Å². The number of aldehydes is 1. The van der Waals surface area contributed by atoms with E-state index in [-0.39, 0.29) is 5.69 Å². The molecule has 0 aliphatic rings. The van der Waals surface area contributed by atoms with Gasteiger partial charge in [-0.2, -0.15) is 0 Å². The van der Waals surface area contributed by atoms with Crippen LogP contribution in [-0.4, -0.2) is 22.0 Å². The van der Waals surface area contributed by atoms with Crippen LogP contribution < -0.4 is 11.1 Å². The van der Waals surface area contributed by atoms with Gasteiger partial charge in [-0.05, 0) is 17.7 Å². The summed E-state index contributed by atoms with van der Waals surface area (Å²) in [6.45, 7) is 0.354. The monoisotopic (exact) mass is 358 g/mol. The fourth-order valence-corrected chi connectivity index (χ4v) is 3.27. The number of fused-ring (bicyclic) bond motifs is 1. The van der Waals surface area contributed by atoms with Gasteiger partial charge in [-0.25, -0.2) is 0 Å². The van der Waals surface area contributed by atoms with Crippen molar-refractivity contribution in [2.24, 2.45) is 5.73 Å². The van der Waals surface area contributed by atoms with Gasteiger partial charge < -0.3 is 21.0 Å². The number of hydrogen-bond donors (Lipinski definition) is 4. The molecule has 6 nitrogen and oxygen atoms in total. The standard InChI is InChI=1S/C21H18N4O2/c22-9-13-5-1-3-7-17(13)25-20-16(11-24-21(20)19(27)12-26)15-10-23-18-8-4-2-6-14(15)18/h1-8,10-12,23-25H,9,22H2. The van der Waals surface area contributed by atoms with Crippen LogP contribution in [0.3, 0.4) is 0 Å². The number of H-pyrrole nitrogens is 2. The van der Waals surface area contributed by atoms with E-state index in [0.717, 1.165) is 33.3 Å². The second kappa shape index (κ2) is 6.93. The molecule has 0 amide bonds. The predicted octanol–water partition coefficient (Wildman–Crippen LogP) is 3.75. The Morgan fingerprint density at radius 2 is 1.74 bits per heavy atom. The number of nitrogens with one attached hydrogen (secondary N) is 3. The van der Waals surface area contributed by atoms with E-state index in [2.05, 4.69) is 15.3 Å². The van der Waals surface area contributed by atoms with Crippen LogP contribution in [0.25, 0.3) is 22.0 Å². The zero-order valence-electron chi connectivity index (χ0n) is 14.5. The van der Waals surface area contributed by atoms with Gasteiger partial charge in [0.25, 0.3) is 0 Å². The number of rotatable bonds is 6. The first-order valence-electron chi connectivity index (χ1n) is 8.55. The van der Waals surface area contributed by atoms with Crippen LogP contribution in [0.5, 0.6) is 0 Å². The summed E-state index contributed by atoms with van der Waals surface area (Å²) >= 11 is 0. The second-order valence-electron chi connectivity index (χ2n) is 6.17. The van der Waals surface area contributed by atoms with Crippen LogP contribution in [0.1, 0.15) is 16.1 Å². The summed E-state index contributed by atoms with van der Waals surface area (Å²) in [6.07, 6.45) is 3.94. The number of carbonyl (C=O) groups is 2. The predicted molar refractivity (Wildman–Crippen MR) is 106 cm³/mol. The maximum Gasteiger partial charge on any atom is 0.243 e. The van der Waals surface area contributed by atoms with Gasteiger partial charge in [-0.3, -0.25) is 9.59 Å². The first kappa shape index (κ1) is 16.8. The lowest BCUT2D eigenvalue weighted by Gasteiger charge is -2.13. The summed E-state index contributed by atoms with van der Waals surface area (Å²) in [7, 11) is 0. The Morgan fingerprint density at radius 1 is 1.00 bits per heavy atom. The lowest BCUT2D eigenvalue weighted by molar-refractivity contribution is -0.104. The summed E-state index contributed by atoms with van der Waals surface area (Å²) in [4.78, 5) is 29.5. The average molecular weight is 358 g/mol. The molecule has 6 heteroatoms. The minimum atomic E-state index is -0.617. The number of hydrogen-bond acceptors (Lipinski definition) is 4. The zero-order chi connectivity index (χ0) is 18.8. The van der Waals surface area contributed by atoms with Gasteiger partial charge in [0.1, 0.15) is 5.69 Å². The van der Waals surface area contributed by atoms with Crippen LogP contribution >= 0.6 is 0 Å². The number of para-hydroxylation sites is 2. The molecule has 2 aromatic heterocycles. The maximum absolute atomic E-state index is 12.2. The molecule has 0 bridgehead atoms. The first-order chi connectivity index (χ1) is 13.2. The van der Waals surface area contributed by atoms with Crippen molar-refractivity contribution in [1.29, 1.82) is 0 Å². The topological polar surface area (TPSA) is 104 Å². The zero-order valence-corrected chi connectivity index (χ0v) is 14.5. The highest BCUT2D eigenvalue weighted by atomic mass is 16.2. The minimum Gasteiger partial charge on any atom is -0.361 e. The van der Waals surface area contributed by atoms with Crippen LogP contribution in [-0.2, 0) is 11.3 Å². The fraction of sp³-hybridized carbons (Fsp3) is 0.0476. The number of nitrogens with two attached hydrogens (primary N) is 1. The van der Waals surface area contributed by atoms with Gasteiger partial charge in [-0.15, -0.1) is 0 Å². The molecule has 134 valence electrons. The Hall–Kier alpha value is -3.64. The van der Waals surface area contributed by atoms with E-state index in [1.807, 2.05) is 54.7 Å². The number of anilines is 2. The highest BCUT2D eigenvalue weighted by Gasteiger charge is 2.20. The largest absolute Gasteiger partial charge is 0.361 e. The molecule has 0 spiro atoms. The van der Waals surface area contributed by atoms with Crippen LogP contribution in [0, 0.1) is 0 Å². The highest BCUT2D eigenvalue weighted by molar-refractivity contribution is 6.35. The lowest BCUT2D eigenvalue weighted by atomic mass is 10.0. The van der Waals surface area contributed by atoms with Gasteiger partial charge in [0.2, 0.25) is 5.78 Å². The number of Topliss-reactive ketones (excluding diaryl/α,β-unsaturated/α-hetero) is 1. The molecule has 5 N–H and O–H groups in total. The van der Waals surface area contributed by atoms with E-state index in [1.165, 1.54) is 0 Å². The Morgan fingerprint density at radius 3 is 2.56 bits per heavy atom. The summed E-state index contributed by atoms with van der Waals surface area (Å²) in [6, 6.07) is 15.5. The SMILES string of the molecule is NCc1ccccc1Nc1c(-c2c[nH]c3ccccc23)c[nH]c1C(=O)C=O. The number of benzene rings is 2. The summed E-state index contributed by atoms with van der Waals surface area (Å²) in [5.74, 6) is -0.617. The van der Waals surface area contributed by atoms with Gasteiger partial charge in [0.15, 0.2) is 6.29 Å². The van der Waals surface area contributed by atoms with Crippen molar-refractivity contribution >= 4 is 34.3 Å². The summed E-state index contributed by atoms with van der Waals surface area (Å²) in [5.41, 5.74) is 11.0. The van der Waals surface area contributed by atoms with E-state index >= 15 is 0 Å². The highest BCUT2D eigenvalue weighted by Crippen LogP contribution is 2.38. The Balaban J connectivity index is 1.89. The molecule has 4 aromatic rings. The molecule has 2 heterocycles. The fourth-order valence-electron chi connectivity index (χ4n) is 3.27. The Labute approximate surface area is 155 Å². The number of aromatic amines is 2. The minimum absolute atomic E-state index is 0.220. The van der Waals surface area contributed by atoms with Crippen molar-refractivity contribution in [3.63, 3.8) is 0 Å². The number of aromatic nitrogens is 2. The molecule has 0 fully saturated rings. The van der Waals surface area contributed by atoms with Gasteiger partial charge >= 0.3 is 0 Å². The van der Waals surface area contributed by atoms with E-state index in [4.69, 9.17) is 5.73 Å². The third-order valence-electron chi connectivity index (χ3n) is 4.61. The van der Waals surface area contributed by atoms with Gasteiger partial charge in [-0.1, -0.05) is 36.4 Å². The average Bonchev–Trinajstić information content (AvgIpc) is 3.31. The lowest BCUT2D eigenvalue weighted by Crippen LogP contribution is -2.07. The quantitative estimate of drug-likeness (QED) is 0.239. The first-order valence-corrected chi connectivity index (χ1v) is 8.55. The maximum atomic E-state index is 12.2. The molecular formula is C21H18N4O2. The smallest absolute Gasteiger partial charge is 0.243 e.